The molecule has 0 spiro atoms. The van der Waals surface area contributed by atoms with Gasteiger partial charge in [-0.3, -0.25) is 4.90 Å². The lowest BCUT2D eigenvalue weighted by atomic mass is 10.1. The SMILES string of the molecule is COc1cc(C)cc2cc(-c3c(COCCN4CCOCC4)cn4ncnc(N)c34)sc12. The summed E-state index contributed by atoms with van der Waals surface area (Å²) in [6.45, 7) is 7.61. The number of methoxy groups -OCH3 is 1. The third kappa shape index (κ3) is 4.04. The van der Waals surface area contributed by atoms with Gasteiger partial charge in [0.2, 0.25) is 0 Å². The fourth-order valence-corrected chi connectivity index (χ4v) is 5.42. The first-order valence-electron chi connectivity index (χ1n) is 10.7. The first kappa shape index (κ1) is 21.1. The Hall–Kier alpha value is -2.72. The van der Waals surface area contributed by atoms with Crippen LogP contribution in [-0.2, 0) is 16.1 Å². The van der Waals surface area contributed by atoms with Gasteiger partial charge in [-0.2, -0.15) is 5.10 Å². The Labute approximate surface area is 190 Å². The third-order valence-electron chi connectivity index (χ3n) is 5.79. The number of benzene rings is 1. The molecule has 0 unspecified atom stereocenters. The summed E-state index contributed by atoms with van der Waals surface area (Å²) < 4.78 is 20.0. The monoisotopic (exact) mass is 453 g/mol. The molecule has 1 aromatic carbocycles. The standard InChI is InChI=1S/C23H27N5O3S/c1-15-9-16-11-19(32-22(16)18(10-15)29-2)20-17(12-28-21(20)23(24)25-14-26-28)13-31-8-5-27-3-6-30-7-4-27/h9-12,14H,3-8,13H2,1-2H3,(H2,24,25,26). The van der Waals surface area contributed by atoms with E-state index in [2.05, 4.69) is 40.1 Å². The van der Waals surface area contributed by atoms with E-state index in [0.717, 1.165) is 75.8 Å². The third-order valence-corrected chi connectivity index (χ3v) is 6.97. The predicted octanol–water partition coefficient (Wildman–Crippen LogP) is 3.36. The van der Waals surface area contributed by atoms with Crippen molar-refractivity contribution < 1.29 is 14.2 Å². The van der Waals surface area contributed by atoms with E-state index >= 15 is 0 Å². The Balaban J connectivity index is 1.48. The molecule has 1 saturated heterocycles. The summed E-state index contributed by atoms with van der Waals surface area (Å²) >= 11 is 1.69. The molecular formula is C23H27N5O3S. The molecule has 1 aliphatic rings. The molecule has 2 N–H and O–H groups in total. The van der Waals surface area contributed by atoms with Gasteiger partial charge in [0.25, 0.3) is 0 Å². The summed E-state index contributed by atoms with van der Waals surface area (Å²) in [6, 6.07) is 6.43. The van der Waals surface area contributed by atoms with Crippen molar-refractivity contribution in [1.82, 2.24) is 19.5 Å². The summed E-state index contributed by atoms with van der Waals surface area (Å²) in [5, 5.41) is 5.53. The van der Waals surface area contributed by atoms with E-state index in [9.17, 15) is 0 Å². The molecule has 0 radical (unpaired) electrons. The number of morpholine rings is 1. The number of anilines is 1. The van der Waals surface area contributed by atoms with Gasteiger partial charge in [0.15, 0.2) is 5.82 Å². The van der Waals surface area contributed by atoms with Crippen LogP contribution < -0.4 is 10.5 Å². The van der Waals surface area contributed by atoms with Gasteiger partial charge < -0.3 is 19.9 Å². The van der Waals surface area contributed by atoms with Crippen LogP contribution >= 0.6 is 11.3 Å². The number of ether oxygens (including phenoxy) is 3. The number of aromatic nitrogens is 3. The number of nitrogens with zero attached hydrogens (tertiary/aromatic N) is 4. The minimum atomic E-state index is 0.454. The average molecular weight is 454 g/mol. The van der Waals surface area contributed by atoms with Crippen LogP contribution in [0.5, 0.6) is 5.75 Å². The zero-order valence-corrected chi connectivity index (χ0v) is 19.2. The quantitative estimate of drug-likeness (QED) is 0.429. The second kappa shape index (κ2) is 9.03. The van der Waals surface area contributed by atoms with Crippen molar-refractivity contribution in [1.29, 1.82) is 0 Å². The molecule has 3 aromatic heterocycles. The Morgan fingerprint density at radius 1 is 1.22 bits per heavy atom. The van der Waals surface area contributed by atoms with Gasteiger partial charge in [-0.05, 0) is 30.0 Å². The lowest BCUT2D eigenvalue weighted by Gasteiger charge is -2.26. The van der Waals surface area contributed by atoms with Crippen molar-refractivity contribution in [3.05, 3.63) is 41.9 Å². The van der Waals surface area contributed by atoms with Crippen molar-refractivity contribution in [3.8, 4) is 16.2 Å². The highest BCUT2D eigenvalue weighted by atomic mass is 32.1. The maximum Gasteiger partial charge on any atom is 0.152 e. The summed E-state index contributed by atoms with van der Waals surface area (Å²) in [7, 11) is 1.71. The van der Waals surface area contributed by atoms with Gasteiger partial charge in [0, 0.05) is 41.8 Å². The van der Waals surface area contributed by atoms with Crippen LogP contribution in [0.4, 0.5) is 5.82 Å². The molecule has 32 heavy (non-hydrogen) atoms. The highest BCUT2D eigenvalue weighted by molar-refractivity contribution is 7.22. The van der Waals surface area contributed by atoms with E-state index in [-0.39, 0.29) is 0 Å². The highest BCUT2D eigenvalue weighted by Gasteiger charge is 2.20. The van der Waals surface area contributed by atoms with Gasteiger partial charge >= 0.3 is 0 Å². The molecule has 0 bridgehead atoms. The molecule has 1 fully saturated rings. The zero-order chi connectivity index (χ0) is 22.1. The van der Waals surface area contributed by atoms with Crippen LogP contribution in [0, 0.1) is 6.92 Å². The van der Waals surface area contributed by atoms with Crippen LogP contribution in [-0.4, -0.2) is 66.1 Å². The van der Waals surface area contributed by atoms with Crippen LogP contribution in [0.15, 0.2) is 30.7 Å². The topological polar surface area (TPSA) is 87.1 Å². The maximum absolute atomic E-state index is 6.28. The second-order valence-corrected chi connectivity index (χ2v) is 9.02. The van der Waals surface area contributed by atoms with Crippen LogP contribution in [0.1, 0.15) is 11.1 Å². The van der Waals surface area contributed by atoms with E-state index in [0.29, 0.717) is 19.0 Å². The molecule has 0 atom stereocenters. The highest BCUT2D eigenvalue weighted by Crippen LogP contribution is 2.43. The Morgan fingerprint density at radius 2 is 2.06 bits per heavy atom. The van der Waals surface area contributed by atoms with Crippen LogP contribution in [0.3, 0.4) is 0 Å². The van der Waals surface area contributed by atoms with Gasteiger partial charge in [0.1, 0.15) is 17.6 Å². The first-order chi connectivity index (χ1) is 15.6. The lowest BCUT2D eigenvalue weighted by molar-refractivity contribution is 0.0181. The Bertz CT molecular complexity index is 1250. The van der Waals surface area contributed by atoms with Crippen LogP contribution in [0.25, 0.3) is 26.0 Å². The minimum Gasteiger partial charge on any atom is -0.495 e. The number of nitrogen functional groups attached to an aromatic ring is 1. The molecule has 168 valence electrons. The number of rotatable bonds is 7. The molecule has 0 amide bonds. The van der Waals surface area contributed by atoms with E-state index in [1.54, 1.807) is 23.0 Å². The number of aryl methyl sites for hydroxylation is 1. The lowest BCUT2D eigenvalue weighted by Crippen LogP contribution is -2.38. The minimum absolute atomic E-state index is 0.454. The molecule has 9 heteroatoms. The number of hydrogen-bond acceptors (Lipinski definition) is 8. The van der Waals surface area contributed by atoms with Gasteiger partial charge in [0.05, 0.1) is 38.2 Å². The molecule has 1 aliphatic heterocycles. The molecule has 0 aliphatic carbocycles. The van der Waals surface area contributed by atoms with Crippen molar-refractivity contribution >= 4 is 32.8 Å². The predicted molar refractivity (Wildman–Crippen MR) is 126 cm³/mol. The van der Waals surface area contributed by atoms with E-state index in [1.165, 1.54) is 6.33 Å². The number of thiophene rings is 1. The van der Waals surface area contributed by atoms with Crippen molar-refractivity contribution in [2.45, 2.75) is 13.5 Å². The van der Waals surface area contributed by atoms with Gasteiger partial charge in [-0.25, -0.2) is 9.50 Å². The maximum atomic E-state index is 6.28. The van der Waals surface area contributed by atoms with Gasteiger partial charge in [-0.15, -0.1) is 11.3 Å². The number of nitrogens with two attached hydrogens (primary N) is 1. The molecule has 5 rings (SSSR count). The smallest absolute Gasteiger partial charge is 0.152 e. The average Bonchev–Trinajstić information content (AvgIpc) is 3.38. The molecular weight excluding hydrogens is 426 g/mol. The fraction of sp³-hybridized carbons (Fsp3) is 0.391. The van der Waals surface area contributed by atoms with E-state index < -0.39 is 0 Å². The van der Waals surface area contributed by atoms with Crippen molar-refractivity contribution in [2.75, 3.05) is 52.3 Å². The summed E-state index contributed by atoms with van der Waals surface area (Å²) in [5.74, 6) is 1.34. The van der Waals surface area contributed by atoms with Crippen LogP contribution in [0.2, 0.25) is 0 Å². The Kier molecular flexibility index (Phi) is 5.97. The molecule has 0 saturated carbocycles. The normalized spacial score (nSPS) is 15.1. The number of hydrogen-bond donors (Lipinski definition) is 1. The fourth-order valence-electron chi connectivity index (χ4n) is 4.21. The van der Waals surface area contributed by atoms with Crippen molar-refractivity contribution in [3.63, 3.8) is 0 Å². The van der Waals surface area contributed by atoms with Gasteiger partial charge in [-0.1, -0.05) is 6.07 Å². The largest absolute Gasteiger partial charge is 0.495 e. The second-order valence-electron chi connectivity index (χ2n) is 7.97. The molecule has 4 aromatic rings. The summed E-state index contributed by atoms with van der Waals surface area (Å²) in [5.41, 5.74) is 10.3. The van der Waals surface area contributed by atoms with Crippen molar-refractivity contribution in [2.24, 2.45) is 0 Å². The first-order valence-corrected chi connectivity index (χ1v) is 11.5. The van der Waals surface area contributed by atoms with E-state index in [1.807, 2.05) is 6.20 Å². The Morgan fingerprint density at radius 3 is 2.88 bits per heavy atom. The summed E-state index contributed by atoms with van der Waals surface area (Å²) in [4.78, 5) is 7.70. The molecule has 8 nitrogen and oxygen atoms in total. The van der Waals surface area contributed by atoms with E-state index in [4.69, 9.17) is 19.9 Å². The molecule has 4 heterocycles. The zero-order valence-electron chi connectivity index (χ0n) is 18.3. The summed E-state index contributed by atoms with van der Waals surface area (Å²) in [6.07, 6.45) is 3.47. The number of fused-ring (bicyclic) bond motifs is 2.